The van der Waals surface area contributed by atoms with Crippen LogP contribution in [0.4, 0.5) is 0 Å². The van der Waals surface area contributed by atoms with Gasteiger partial charge in [0.05, 0.1) is 11.6 Å². The van der Waals surface area contributed by atoms with Gasteiger partial charge in [-0.1, -0.05) is 0 Å². The lowest BCUT2D eigenvalue weighted by Gasteiger charge is -2.18. The van der Waals surface area contributed by atoms with Crippen molar-refractivity contribution in [1.29, 1.82) is 0 Å². The molecule has 1 rings (SSSR count). The zero-order valence-electron chi connectivity index (χ0n) is 11.9. The summed E-state index contributed by atoms with van der Waals surface area (Å²) in [5, 5.41) is 0. The van der Waals surface area contributed by atoms with Crippen LogP contribution in [0, 0.1) is 6.92 Å². The van der Waals surface area contributed by atoms with Crippen molar-refractivity contribution in [2.75, 3.05) is 26.9 Å². The number of aryl methyl sites for hydroxylation is 1. The number of halogens is 1. The van der Waals surface area contributed by atoms with Crippen molar-refractivity contribution in [2.24, 2.45) is 0 Å². The predicted octanol–water partition coefficient (Wildman–Crippen LogP) is 3.54. The van der Waals surface area contributed by atoms with Crippen molar-refractivity contribution in [1.82, 2.24) is 0 Å². The van der Waals surface area contributed by atoms with E-state index < -0.39 is 0 Å². The number of benzene rings is 1. The Labute approximate surface area is 123 Å². The first-order valence-electron chi connectivity index (χ1n) is 6.32. The fraction of sp³-hybridized carbons (Fsp3) is 0.571. The number of ether oxygens (including phenoxy) is 4. The lowest BCUT2D eigenvalue weighted by Crippen LogP contribution is -2.25. The second-order valence-corrected chi connectivity index (χ2v) is 4.76. The first-order valence-corrected chi connectivity index (χ1v) is 7.11. The summed E-state index contributed by atoms with van der Waals surface area (Å²) in [4.78, 5) is 0. The SMILES string of the molecule is CCOC(COc1cc(Br)c(OC)cc1C)OCC. The van der Waals surface area contributed by atoms with Gasteiger partial charge in [-0.2, -0.15) is 0 Å². The molecule has 0 unspecified atom stereocenters. The van der Waals surface area contributed by atoms with Crippen LogP contribution in [-0.4, -0.2) is 33.2 Å². The summed E-state index contributed by atoms with van der Waals surface area (Å²) in [6.45, 7) is 7.39. The summed E-state index contributed by atoms with van der Waals surface area (Å²) in [6, 6.07) is 3.82. The Morgan fingerprint density at radius 3 is 2.26 bits per heavy atom. The van der Waals surface area contributed by atoms with Gasteiger partial charge in [-0.25, -0.2) is 0 Å². The molecule has 0 N–H and O–H groups in total. The van der Waals surface area contributed by atoms with Gasteiger partial charge in [-0.15, -0.1) is 0 Å². The van der Waals surface area contributed by atoms with Gasteiger partial charge in [0.1, 0.15) is 18.1 Å². The number of hydrogen-bond donors (Lipinski definition) is 0. The predicted molar refractivity (Wildman–Crippen MR) is 78.0 cm³/mol. The summed E-state index contributed by atoms with van der Waals surface area (Å²) >= 11 is 3.44. The lowest BCUT2D eigenvalue weighted by atomic mass is 10.2. The smallest absolute Gasteiger partial charge is 0.191 e. The molecule has 4 nitrogen and oxygen atoms in total. The first kappa shape index (κ1) is 16.3. The Morgan fingerprint density at radius 2 is 1.74 bits per heavy atom. The number of methoxy groups -OCH3 is 1. The Morgan fingerprint density at radius 1 is 1.11 bits per heavy atom. The molecule has 5 heteroatoms. The zero-order chi connectivity index (χ0) is 14.3. The summed E-state index contributed by atoms with van der Waals surface area (Å²) in [6.07, 6.45) is -0.338. The van der Waals surface area contributed by atoms with E-state index in [4.69, 9.17) is 18.9 Å². The highest BCUT2D eigenvalue weighted by molar-refractivity contribution is 9.10. The number of hydrogen-bond acceptors (Lipinski definition) is 4. The monoisotopic (exact) mass is 332 g/mol. The Balaban J connectivity index is 2.68. The fourth-order valence-electron chi connectivity index (χ4n) is 1.62. The van der Waals surface area contributed by atoms with Crippen LogP contribution in [0.15, 0.2) is 16.6 Å². The minimum Gasteiger partial charge on any atom is -0.496 e. The van der Waals surface area contributed by atoms with E-state index in [0.717, 1.165) is 21.5 Å². The van der Waals surface area contributed by atoms with Crippen LogP contribution in [0.2, 0.25) is 0 Å². The molecule has 0 amide bonds. The molecule has 1 aromatic carbocycles. The molecule has 0 saturated carbocycles. The highest BCUT2D eigenvalue weighted by Crippen LogP contribution is 2.32. The van der Waals surface area contributed by atoms with Gasteiger partial charge in [0.2, 0.25) is 0 Å². The van der Waals surface area contributed by atoms with Crippen molar-refractivity contribution in [3.63, 3.8) is 0 Å². The highest BCUT2D eigenvalue weighted by atomic mass is 79.9. The normalized spacial score (nSPS) is 10.8. The molecular formula is C14H21BrO4. The summed E-state index contributed by atoms with van der Waals surface area (Å²) in [5.74, 6) is 1.58. The largest absolute Gasteiger partial charge is 0.496 e. The second kappa shape index (κ2) is 8.40. The van der Waals surface area contributed by atoms with E-state index in [1.54, 1.807) is 7.11 Å². The Kier molecular flexibility index (Phi) is 7.20. The van der Waals surface area contributed by atoms with Crippen LogP contribution < -0.4 is 9.47 Å². The molecular weight excluding hydrogens is 312 g/mol. The molecule has 0 aliphatic carbocycles. The summed E-state index contributed by atoms with van der Waals surface area (Å²) < 4.78 is 22.7. The van der Waals surface area contributed by atoms with Crippen LogP contribution in [0.25, 0.3) is 0 Å². The molecule has 0 radical (unpaired) electrons. The maximum atomic E-state index is 5.75. The van der Waals surface area contributed by atoms with E-state index in [1.807, 2.05) is 32.9 Å². The highest BCUT2D eigenvalue weighted by Gasteiger charge is 2.12. The number of rotatable bonds is 8. The first-order chi connectivity index (χ1) is 9.12. The second-order valence-electron chi connectivity index (χ2n) is 3.90. The third-order valence-corrected chi connectivity index (χ3v) is 3.15. The standard InChI is InChI=1S/C14H21BrO4/c1-5-17-14(18-6-2)9-19-12-8-11(15)13(16-4)7-10(12)3/h7-8,14H,5-6,9H2,1-4H3. The molecule has 0 bridgehead atoms. The van der Waals surface area contributed by atoms with E-state index in [0.29, 0.717) is 19.8 Å². The van der Waals surface area contributed by atoms with Gasteiger partial charge < -0.3 is 18.9 Å². The molecule has 0 heterocycles. The van der Waals surface area contributed by atoms with Crippen LogP contribution in [0.1, 0.15) is 19.4 Å². The molecule has 0 aliphatic rings. The molecule has 0 saturated heterocycles. The van der Waals surface area contributed by atoms with E-state index in [1.165, 1.54) is 0 Å². The molecule has 108 valence electrons. The van der Waals surface area contributed by atoms with E-state index >= 15 is 0 Å². The maximum absolute atomic E-state index is 5.75. The Hall–Kier alpha value is -0.780. The topological polar surface area (TPSA) is 36.9 Å². The van der Waals surface area contributed by atoms with E-state index in [-0.39, 0.29) is 6.29 Å². The minimum absolute atomic E-state index is 0.338. The van der Waals surface area contributed by atoms with Crippen molar-refractivity contribution in [3.8, 4) is 11.5 Å². The summed E-state index contributed by atoms with van der Waals surface area (Å²) in [5.41, 5.74) is 1.01. The lowest BCUT2D eigenvalue weighted by molar-refractivity contribution is -0.152. The maximum Gasteiger partial charge on any atom is 0.191 e. The molecule has 19 heavy (non-hydrogen) atoms. The van der Waals surface area contributed by atoms with Crippen LogP contribution in [-0.2, 0) is 9.47 Å². The van der Waals surface area contributed by atoms with Gasteiger partial charge in [-0.3, -0.25) is 0 Å². The van der Waals surface area contributed by atoms with Crippen molar-refractivity contribution in [2.45, 2.75) is 27.1 Å². The zero-order valence-corrected chi connectivity index (χ0v) is 13.5. The Bertz CT molecular complexity index is 389. The summed E-state index contributed by atoms with van der Waals surface area (Å²) in [7, 11) is 1.64. The van der Waals surface area contributed by atoms with Crippen LogP contribution >= 0.6 is 15.9 Å². The average molecular weight is 333 g/mol. The average Bonchev–Trinajstić information content (AvgIpc) is 2.39. The van der Waals surface area contributed by atoms with Gasteiger partial charge in [0.25, 0.3) is 0 Å². The van der Waals surface area contributed by atoms with Gasteiger partial charge in [0.15, 0.2) is 6.29 Å². The van der Waals surface area contributed by atoms with Gasteiger partial charge in [0, 0.05) is 13.2 Å². The molecule has 0 aliphatic heterocycles. The quantitative estimate of drug-likeness (QED) is 0.682. The van der Waals surface area contributed by atoms with Crippen LogP contribution in [0.3, 0.4) is 0 Å². The van der Waals surface area contributed by atoms with Gasteiger partial charge in [-0.05, 0) is 54.4 Å². The van der Waals surface area contributed by atoms with Gasteiger partial charge >= 0.3 is 0 Å². The molecule has 0 fully saturated rings. The molecule has 0 atom stereocenters. The third-order valence-electron chi connectivity index (χ3n) is 2.53. The third kappa shape index (κ3) is 5.01. The van der Waals surface area contributed by atoms with Crippen molar-refractivity contribution < 1.29 is 18.9 Å². The molecule has 0 aromatic heterocycles. The minimum atomic E-state index is -0.338. The van der Waals surface area contributed by atoms with E-state index in [2.05, 4.69) is 15.9 Å². The van der Waals surface area contributed by atoms with E-state index in [9.17, 15) is 0 Å². The molecule has 1 aromatic rings. The van der Waals surface area contributed by atoms with Crippen molar-refractivity contribution >= 4 is 15.9 Å². The van der Waals surface area contributed by atoms with Crippen LogP contribution in [0.5, 0.6) is 11.5 Å². The molecule has 0 spiro atoms. The fourth-order valence-corrected chi connectivity index (χ4v) is 2.11. The van der Waals surface area contributed by atoms with Crippen molar-refractivity contribution in [3.05, 3.63) is 22.2 Å².